The molecule has 144 valence electrons. The van der Waals surface area contributed by atoms with Gasteiger partial charge in [0.15, 0.2) is 0 Å². The monoisotopic (exact) mass is 386 g/mol. The third-order valence-corrected chi connectivity index (χ3v) is 4.59. The number of hydrogen-bond acceptors (Lipinski definition) is 1. The summed E-state index contributed by atoms with van der Waals surface area (Å²) in [5.74, 6) is -0.792. The van der Waals surface area contributed by atoms with Crippen LogP contribution in [-0.4, -0.2) is 5.78 Å². The zero-order chi connectivity index (χ0) is 20.1. The fourth-order valence-corrected chi connectivity index (χ4v) is 3.15. The zero-order valence-electron chi connectivity index (χ0n) is 14.9. The zero-order valence-corrected chi connectivity index (χ0v) is 14.9. The lowest BCUT2D eigenvalue weighted by Gasteiger charge is -2.18. The van der Waals surface area contributed by atoms with Crippen LogP contribution in [0.4, 0.5) is 17.6 Å². The molecule has 0 fully saturated rings. The molecule has 0 aliphatic carbocycles. The van der Waals surface area contributed by atoms with Gasteiger partial charge in [0.1, 0.15) is 11.6 Å². The minimum Gasteiger partial charge on any atom is -0.299 e. The molecule has 28 heavy (non-hydrogen) atoms. The van der Waals surface area contributed by atoms with Gasteiger partial charge in [0.2, 0.25) is 0 Å². The normalized spacial score (nSPS) is 12.6. The van der Waals surface area contributed by atoms with Crippen molar-refractivity contribution >= 4 is 5.78 Å². The van der Waals surface area contributed by atoms with E-state index in [9.17, 15) is 22.4 Å². The maximum absolute atomic E-state index is 13.0. The van der Waals surface area contributed by atoms with Crippen LogP contribution in [0.5, 0.6) is 0 Å². The smallest absolute Gasteiger partial charge is 0.299 e. The van der Waals surface area contributed by atoms with Crippen molar-refractivity contribution in [1.29, 1.82) is 0 Å². The maximum Gasteiger partial charge on any atom is 0.416 e. The molecule has 5 heteroatoms. The second-order valence-corrected chi connectivity index (χ2v) is 6.63. The number of carbonyl (C=O) groups excluding carboxylic acids is 1. The Morgan fingerprint density at radius 3 is 1.93 bits per heavy atom. The van der Waals surface area contributed by atoms with E-state index in [0.717, 1.165) is 17.7 Å². The predicted octanol–water partition coefficient (Wildman–Crippen LogP) is 6.18. The number of alkyl halides is 3. The summed E-state index contributed by atoms with van der Waals surface area (Å²) in [6, 6.07) is 19.8. The van der Waals surface area contributed by atoms with E-state index < -0.39 is 11.7 Å². The Bertz CT molecular complexity index is 914. The number of rotatable bonds is 6. The van der Waals surface area contributed by atoms with Crippen molar-refractivity contribution in [1.82, 2.24) is 0 Å². The average molecular weight is 386 g/mol. The van der Waals surface area contributed by atoms with Gasteiger partial charge in [0.05, 0.1) is 5.56 Å². The van der Waals surface area contributed by atoms with Gasteiger partial charge in [-0.05, 0) is 41.0 Å². The molecule has 0 aromatic heterocycles. The van der Waals surface area contributed by atoms with Gasteiger partial charge in [-0.15, -0.1) is 0 Å². The van der Waals surface area contributed by atoms with Crippen molar-refractivity contribution in [2.24, 2.45) is 0 Å². The van der Waals surface area contributed by atoms with Crippen molar-refractivity contribution < 1.29 is 22.4 Å². The fraction of sp³-hybridized carbons (Fsp3) is 0.174. The highest BCUT2D eigenvalue weighted by atomic mass is 19.4. The first kappa shape index (κ1) is 19.8. The first-order valence-electron chi connectivity index (χ1n) is 8.81. The van der Waals surface area contributed by atoms with E-state index in [1.54, 1.807) is 12.1 Å². The second kappa shape index (κ2) is 8.38. The van der Waals surface area contributed by atoms with Gasteiger partial charge in [0, 0.05) is 18.8 Å². The lowest BCUT2D eigenvalue weighted by Crippen LogP contribution is -2.12. The predicted molar refractivity (Wildman–Crippen MR) is 99.5 cm³/mol. The van der Waals surface area contributed by atoms with Crippen molar-refractivity contribution in [3.05, 3.63) is 107 Å². The van der Waals surface area contributed by atoms with E-state index in [1.165, 1.54) is 24.3 Å². The van der Waals surface area contributed by atoms with Gasteiger partial charge in [-0.2, -0.15) is 13.2 Å². The minimum absolute atomic E-state index is 0.0691. The van der Waals surface area contributed by atoms with Crippen LogP contribution in [0.3, 0.4) is 0 Å². The van der Waals surface area contributed by atoms with Crippen LogP contribution >= 0.6 is 0 Å². The summed E-state index contributed by atoms with van der Waals surface area (Å²) in [5.41, 5.74) is 1.48. The molecule has 0 saturated carbocycles. The van der Waals surface area contributed by atoms with Gasteiger partial charge >= 0.3 is 6.18 Å². The van der Waals surface area contributed by atoms with Crippen LogP contribution in [0.1, 0.15) is 34.6 Å². The third-order valence-electron chi connectivity index (χ3n) is 4.59. The lowest BCUT2D eigenvalue weighted by atomic mass is 9.85. The molecule has 1 nitrogen and oxygen atoms in total. The van der Waals surface area contributed by atoms with Gasteiger partial charge < -0.3 is 0 Å². The molecule has 0 amide bonds. The van der Waals surface area contributed by atoms with Crippen LogP contribution in [0.2, 0.25) is 0 Å². The summed E-state index contributed by atoms with van der Waals surface area (Å²) in [5, 5.41) is 0. The Morgan fingerprint density at radius 2 is 1.36 bits per heavy atom. The van der Waals surface area contributed by atoms with Gasteiger partial charge in [-0.25, -0.2) is 4.39 Å². The minimum atomic E-state index is -4.40. The van der Waals surface area contributed by atoms with Gasteiger partial charge in [-0.1, -0.05) is 54.6 Å². The van der Waals surface area contributed by atoms with Crippen LogP contribution in [0.25, 0.3) is 0 Å². The summed E-state index contributed by atoms with van der Waals surface area (Å²) in [4.78, 5) is 12.6. The Morgan fingerprint density at radius 1 is 0.786 bits per heavy atom. The van der Waals surface area contributed by atoms with Gasteiger partial charge in [0.25, 0.3) is 0 Å². The SMILES string of the molecule is O=C(Cc1ccc(F)cc1)CC(c1ccccc1)c1ccc(C(F)(F)F)cc1. The standard InChI is InChI=1S/C23H18F4O/c24-20-12-6-16(7-13-20)14-21(28)15-22(17-4-2-1-3-5-17)18-8-10-19(11-9-18)23(25,26)27/h1-13,22H,14-15H2. The lowest BCUT2D eigenvalue weighted by molar-refractivity contribution is -0.137. The Hall–Kier alpha value is -2.95. The molecule has 0 saturated heterocycles. The molecular weight excluding hydrogens is 368 g/mol. The van der Waals surface area contributed by atoms with Crippen molar-refractivity contribution in [3.8, 4) is 0 Å². The number of carbonyl (C=O) groups is 1. The van der Waals surface area contributed by atoms with Crippen molar-refractivity contribution in [2.45, 2.75) is 24.9 Å². The maximum atomic E-state index is 13.0. The average Bonchev–Trinajstić information content (AvgIpc) is 2.68. The third kappa shape index (κ3) is 5.06. The highest BCUT2D eigenvalue weighted by Gasteiger charge is 2.30. The van der Waals surface area contributed by atoms with Gasteiger partial charge in [-0.3, -0.25) is 4.79 Å². The first-order chi connectivity index (χ1) is 13.3. The molecule has 0 spiro atoms. The number of halogens is 4. The van der Waals surface area contributed by atoms with E-state index >= 15 is 0 Å². The van der Waals surface area contributed by atoms with E-state index in [1.807, 2.05) is 30.3 Å². The molecule has 0 bridgehead atoms. The Balaban J connectivity index is 1.83. The molecule has 0 radical (unpaired) electrons. The number of ketones is 1. The second-order valence-electron chi connectivity index (χ2n) is 6.63. The summed E-state index contributed by atoms with van der Waals surface area (Å²) in [6.07, 6.45) is -4.11. The van der Waals surface area contributed by atoms with Crippen molar-refractivity contribution in [2.75, 3.05) is 0 Å². The molecule has 0 aliphatic heterocycles. The van der Waals surface area contributed by atoms with E-state index in [0.29, 0.717) is 11.1 Å². The molecule has 3 aromatic carbocycles. The number of Topliss-reactive ketones (excluding diaryl/α,β-unsaturated/α-hetero) is 1. The number of hydrogen-bond donors (Lipinski definition) is 0. The summed E-state index contributed by atoms with van der Waals surface area (Å²) in [6.45, 7) is 0. The van der Waals surface area contributed by atoms with Crippen LogP contribution in [0, 0.1) is 5.82 Å². The fourth-order valence-electron chi connectivity index (χ4n) is 3.15. The Kier molecular flexibility index (Phi) is 5.93. The molecule has 0 heterocycles. The summed E-state index contributed by atoms with van der Waals surface area (Å²) < 4.78 is 51.6. The molecule has 3 rings (SSSR count). The molecule has 1 unspecified atom stereocenters. The van der Waals surface area contributed by atoms with Crippen LogP contribution in [-0.2, 0) is 17.4 Å². The van der Waals surface area contributed by atoms with E-state index in [2.05, 4.69) is 0 Å². The quantitative estimate of drug-likeness (QED) is 0.463. The van der Waals surface area contributed by atoms with Crippen LogP contribution < -0.4 is 0 Å². The molecular formula is C23H18F4O. The largest absolute Gasteiger partial charge is 0.416 e. The first-order valence-corrected chi connectivity index (χ1v) is 8.81. The summed E-state index contributed by atoms with van der Waals surface area (Å²) in [7, 11) is 0. The Labute approximate surface area is 160 Å². The van der Waals surface area contributed by atoms with E-state index in [4.69, 9.17) is 0 Å². The topological polar surface area (TPSA) is 17.1 Å². The van der Waals surface area contributed by atoms with E-state index in [-0.39, 0.29) is 30.4 Å². The molecule has 0 aliphatic rings. The molecule has 3 aromatic rings. The number of benzene rings is 3. The van der Waals surface area contributed by atoms with Crippen LogP contribution in [0.15, 0.2) is 78.9 Å². The highest BCUT2D eigenvalue weighted by molar-refractivity contribution is 5.82. The molecule has 1 atom stereocenters. The highest BCUT2D eigenvalue weighted by Crippen LogP contribution is 2.33. The molecule has 0 N–H and O–H groups in total. The summed E-state index contributed by atoms with van der Waals surface area (Å²) >= 11 is 0. The van der Waals surface area contributed by atoms with Crippen molar-refractivity contribution in [3.63, 3.8) is 0 Å².